The Hall–Kier alpha value is -1.81. The largest absolute Gasteiger partial charge is 0.491 e. The van der Waals surface area contributed by atoms with Crippen molar-refractivity contribution < 1.29 is 14.6 Å². The molecule has 0 spiro atoms. The molecular formula is C18H27NO3. The first kappa shape index (κ1) is 18.2. The minimum absolute atomic E-state index is 0.0822. The molecule has 4 heteroatoms. The van der Waals surface area contributed by atoms with Crippen molar-refractivity contribution in [2.45, 2.75) is 52.7 Å². The number of nitrogens with one attached hydrogen (secondary N) is 1. The van der Waals surface area contributed by atoms with Crippen LogP contribution in [0.3, 0.4) is 0 Å². The fourth-order valence-electron chi connectivity index (χ4n) is 2.07. The molecule has 1 amide bonds. The number of carbonyl (C=O) groups is 1. The molecule has 1 unspecified atom stereocenters. The van der Waals surface area contributed by atoms with E-state index in [1.165, 1.54) is 0 Å². The molecular weight excluding hydrogens is 278 g/mol. The second-order valence-electron chi connectivity index (χ2n) is 5.51. The van der Waals surface area contributed by atoms with E-state index in [4.69, 9.17) is 4.74 Å². The maximum atomic E-state index is 11.8. The summed E-state index contributed by atoms with van der Waals surface area (Å²) in [7, 11) is 0. The zero-order valence-corrected chi connectivity index (χ0v) is 13.9. The van der Waals surface area contributed by atoms with Gasteiger partial charge in [0.15, 0.2) is 0 Å². The van der Waals surface area contributed by atoms with E-state index in [9.17, 15) is 9.90 Å². The van der Waals surface area contributed by atoms with E-state index in [1.54, 1.807) is 12.1 Å². The van der Waals surface area contributed by atoms with Gasteiger partial charge in [0.05, 0.1) is 12.2 Å². The molecule has 0 aliphatic carbocycles. The number of allylic oxidation sites excluding steroid dienone is 1. The summed E-state index contributed by atoms with van der Waals surface area (Å²) < 4.78 is 5.60. The number of benzene rings is 1. The Morgan fingerprint density at radius 1 is 1.32 bits per heavy atom. The van der Waals surface area contributed by atoms with Gasteiger partial charge in [-0.3, -0.25) is 4.79 Å². The molecule has 0 radical (unpaired) electrons. The lowest BCUT2D eigenvalue weighted by Crippen LogP contribution is -2.27. The van der Waals surface area contributed by atoms with Crippen LogP contribution in [0, 0.1) is 0 Å². The molecule has 1 rings (SSSR count). The Balaban J connectivity index is 2.60. The van der Waals surface area contributed by atoms with Gasteiger partial charge in [-0.2, -0.15) is 0 Å². The van der Waals surface area contributed by atoms with Gasteiger partial charge in [-0.15, -0.1) is 0 Å². The van der Waals surface area contributed by atoms with E-state index in [1.807, 2.05) is 45.9 Å². The Morgan fingerprint density at radius 2 is 2.00 bits per heavy atom. The van der Waals surface area contributed by atoms with Crippen molar-refractivity contribution in [3.8, 4) is 5.75 Å². The van der Waals surface area contributed by atoms with Crippen LogP contribution in [0.15, 0.2) is 35.9 Å². The maximum absolute atomic E-state index is 11.8. The van der Waals surface area contributed by atoms with Crippen molar-refractivity contribution >= 4 is 5.91 Å². The summed E-state index contributed by atoms with van der Waals surface area (Å²) >= 11 is 0. The molecule has 0 saturated heterocycles. The van der Waals surface area contributed by atoms with Crippen LogP contribution in [-0.4, -0.2) is 23.7 Å². The van der Waals surface area contributed by atoms with Crippen LogP contribution in [0.4, 0.5) is 0 Å². The fourth-order valence-corrected chi connectivity index (χ4v) is 2.07. The van der Waals surface area contributed by atoms with Crippen LogP contribution in [0.1, 0.15) is 52.2 Å². The van der Waals surface area contributed by atoms with E-state index < -0.39 is 6.10 Å². The van der Waals surface area contributed by atoms with Crippen LogP contribution >= 0.6 is 0 Å². The second-order valence-corrected chi connectivity index (χ2v) is 5.51. The number of hydrogen-bond acceptors (Lipinski definition) is 3. The maximum Gasteiger partial charge on any atom is 0.244 e. The van der Waals surface area contributed by atoms with Crippen molar-refractivity contribution in [1.82, 2.24) is 5.32 Å². The summed E-state index contributed by atoms with van der Waals surface area (Å²) in [5, 5.41) is 12.9. The second kappa shape index (κ2) is 9.26. The molecule has 0 bridgehead atoms. The van der Waals surface area contributed by atoms with Crippen molar-refractivity contribution in [2.24, 2.45) is 0 Å². The number of hydrogen-bond donors (Lipinski definition) is 2. The predicted octanol–water partition coefficient (Wildman–Crippen LogP) is 3.37. The molecule has 1 atom stereocenters. The lowest BCUT2D eigenvalue weighted by Gasteiger charge is -2.15. The minimum atomic E-state index is -0.750. The van der Waals surface area contributed by atoms with Gasteiger partial charge >= 0.3 is 0 Å². The molecule has 1 aromatic rings. The first-order chi connectivity index (χ1) is 10.5. The summed E-state index contributed by atoms with van der Waals surface area (Å²) in [6, 6.07) is 7.32. The summed E-state index contributed by atoms with van der Waals surface area (Å²) in [6.45, 7) is 8.14. The third-order valence-electron chi connectivity index (χ3n) is 3.33. The Bertz CT molecular complexity index is 503. The van der Waals surface area contributed by atoms with E-state index in [2.05, 4.69) is 5.32 Å². The van der Waals surface area contributed by atoms with Crippen molar-refractivity contribution in [3.05, 3.63) is 41.5 Å². The van der Waals surface area contributed by atoms with Gasteiger partial charge < -0.3 is 15.2 Å². The average molecular weight is 305 g/mol. The molecule has 1 aromatic carbocycles. The highest BCUT2D eigenvalue weighted by atomic mass is 16.5. The standard InChI is InChI=1S/C18H27NO3/c1-5-14(6-2)10-18(21)19-12-17(20)15-8-7-9-16(11-15)22-13(3)4/h7-11,13,17,20H,5-6,12H2,1-4H3,(H,19,21). The SMILES string of the molecule is CCC(=CC(=O)NCC(O)c1cccc(OC(C)C)c1)CC. The summed E-state index contributed by atoms with van der Waals surface area (Å²) in [5.41, 5.74) is 1.83. The molecule has 22 heavy (non-hydrogen) atoms. The van der Waals surface area contributed by atoms with Gasteiger partial charge in [0.1, 0.15) is 5.75 Å². The minimum Gasteiger partial charge on any atom is -0.491 e. The van der Waals surface area contributed by atoms with Crippen LogP contribution in [0.2, 0.25) is 0 Å². The van der Waals surface area contributed by atoms with Gasteiger partial charge in [0, 0.05) is 12.6 Å². The molecule has 0 heterocycles. The van der Waals surface area contributed by atoms with Gasteiger partial charge in [0.25, 0.3) is 0 Å². The van der Waals surface area contributed by atoms with Crippen LogP contribution in [0.5, 0.6) is 5.75 Å². The molecule has 122 valence electrons. The summed E-state index contributed by atoms with van der Waals surface area (Å²) in [6.07, 6.45) is 2.67. The Morgan fingerprint density at radius 3 is 2.59 bits per heavy atom. The highest BCUT2D eigenvalue weighted by Crippen LogP contribution is 2.20. The van der Waals surface area contributed by atoms with Gasteiger partial charge in [-0.25, -0.2) is 0 Å². The molecule has 0 aromatic heterocycles. The number of rotatable bonds is 8. The highest BCUT2D eigenvalue weighted by molar-refractivity contribution is 5.88. The molecule has 2 N–H and O–H groups in total. The van der Waals surface area contributed by atoms with Crippen molar-refractivity contribution in [2.75, 3.05) is 6.54 Å². The number of amides is 1. The smallest absolute Gasteiger partial charge is 0.244 e. The molecule has 4 nitrogen and oxygen atoms in total. The van der Waals surface area contributed by atoms with Gasteiger partial charge in [-0.05, 0) is 44.4 Å². The number of aliphatic hydroxyl groups excluding tert-OH is 1. The normalized spacial score (nSPS) is 11.9. The van der Waals surface area contributed by atoms with E-state index in [0.29, 0.717) is 0 Å². The first-order valence-corrected chi connectivity index (χ1v) is 7.88. The zero-order chi connectivity index (χ0) is 16.5. The van der Waals surface area contributed by atoms with Gasteiger partial charge in [0.2, 0.25) is 5.91 Å². The summed E-state index contributed by atoms with van der Waals surface area (Å²) in [5.74, 6) is 0.560. The molecule has 0 saturated carbocycles. The molecule has 0 fully saturated rings. The fraction of sp³-hybridized carbons (Fsp3) is 0.500. The number of aliphatic hydroxyl groups is 1. The van der Waals surface area contributed by atoms with Crippen LogP contribution in [-0.2, 0) is 4.79 Å². The number of ether oxygens (including phenoxy) is 1. The monoisotopic (exact) mass is 305 g/mol. The number of carbonyl (C=O) groups excluding carboxylic acids is 1. The van der Waals surface area contributed by atoms with Crippen molar-refractivity contribution in [3.63, 3.8) is 0 Å². The topological polar surface area (TPSA) is 58.6 Å². The third kappa shape index (κ3) is 6.31. The highest BCUT2D eigenvalue weighted by Gasteiger charge is 2.10. The Labute approximate surface area is 133 Å². The zero-order valence-electron chi connectivity index (χ0n) is 13.9. The quantitative estimate of drug-likeness (QED) is 0.724. The Kier molecular flexibility index (Phi) is 7.67. The van der Waals surface area contributed by atoms with Crippen LogP contribution < -0.4 is 10.1 Å². The lowest BCUT2D eigenvalue weighted by molar-refractivity contribution is -0.117. The lowest BCUT2D eigenvalue weighted by atomic mass is 10.1. The first-order valence-electron chi connectivity index (χ1n) is 7.88. The molecule has 0 aliphatic rings. The third-order valence-corrected chi connectivity index (χ3v) is 3.33. The van der Waals surface area contributed by atoms with Crippen LogP contribution in [0.25, 0.3) is 0 Å². The van der Waals surface area contributed by atoms with E-state index in [-0.39, 0.29) is 18.6 Å². The summed E-state index contributed by atoms with van der Waals surface area (Å²) in [4.78, 5) is 11.8. The van der Waals surface area contributed by atoms with E-state index >= 15 is 0 Å². The van der Waals surface area contributed by atoms with Gasteiger partial charge in [-0.1, -0.05) is 31.6 Å². The molecule has 0 aliphatic heterocycles. The average Bonchev–Trinajstić information content (AvgIpc) is 2.49. The van der Waals surface area contributed by atoms with E-state index in [0.717, 1.165) is 29.7 Å². The predicted molar refractivity (Wildman–Crippen MR) is 88.8 cm³/mol. The van der Waals surface area contributed by atoms with Crippen molar-refractivity contribution in [1.29, 1.82) is 0 Å².